The number of fused-ring (bicyclic) bond motifs is 2. The molecule has 0 radical (unpaired) electrons. The smallest absolute Gasteiger partial charge is 0.330 e. The van der Waals surface area contributed by atoms with E-state index in [4.69, 9.17) is 4.74 Å². The number of hydrogen-bond donors (Lipinski definition) is 1. The maximum atomic E-state index is 11.1. The van der Waals surface area contributed by atoms with Gasteiger partial charge in [0.05, 0.1) is 6.10 Å². The van der Waals surface area contributed by atoms with Crippen LogP contribution in [0.2, 0.25) is 0 Å². The molecular formula is C12H18O3. The second-order valence-electron chi connectivity index (χ2n) is 4.67. The predicted molar refractivity (Wildman–Crippen MR) is 56.1 cm³/mol. The Kier molecular flexibility index (Phi) is 3.10. The summed E-state index contributed by atoms with van der Waals surface area (Å²) in [4.78, 5) is 11.1. The monoisotopic (exact) mass is 210 g/mol. The summed E-state index contributed by atoms with van der Waals surface area (Å²) in [5.41, 5.74) is 0. The number of ether oxygens (including phenoxy) is 1. The lowest BCUT2D eigenvalue weighted by Gasteiger charge is -2.42. The second-order valence-corrected chi connectivity index (χ2v) is 4.67. The molecule has 0 aliphatic heterocycles. The summed E-state index contributed by atoms with van der Waals surface area (Å²) in [6.45, 7) is 3.39. The molecule has 0 amide bonds. The minimum absolute atomic E-state index is 0.0953. The van der Waals surface area contributed by atoms with E-state index in [0.29, 0.717) is 0 Å². The number of carbonyl (C=O) groups excluding carboxylic acids is 1. The Balaban J connectivity index is 1.99. The summed E-state index contributed by atoms with van der Waals surface area (Å²) >= 11 is 0. The van der Waals surface area contributed by atoms with Crippen molar-refractivity contribution in [2.75, 3.05) is 0 Å². The van der Waals surface area contributed by atoms with Gasteiger partial charge < -0.3 is 9.84 Å². The molecule has 3 nitrogen and oxygen atoms in total. The van der Waals surface area contributed by atoms with Crippen molar-refractivity contribution in [1.29, 1.82) is 0 Å². The van der Waals surface area contributed by atoms with Crippen LogP contribution in [0.1, 0.15) is 32.1 Å². The van der Waals surface area contributed by atoms with Gasteiger partial charge in [-0.2, -0.15) is 0 Å². The minimum Gasteiger partial charge on any atom is -0.459 e. The standard InChI is InChI=1S/C12H18O3/c1-2-12(14)15-11-6-4-8-3-5-10(13)9(11)7-8/h2,8-11,13H,1,3-7H2. The Morgan fingerprint density at radius 3 is 2.80 bits per heavy atom. The molecule has 0 spiro atoms. The van der Waals surface area contributed by atoms with E-state index in [0.717, 1.165) is 38.0 Å². The average Bonchev–Trinajstić information content (AvgIpc) is 2.26. The first-order valence-corrected chi connectivity index (χ1v) is 5.72. The SMILES string of the molecule is C=CC(=O)OC1CCC2CCC(O)C1C2. The molecule has 0 aromatic carbocycles. The molecule has 0 heterocycles. The van der Waals surface area contributed by atoms with Gasteiger partial charge in [-0.25, -0.2) is 4.79 Å². The van der Waals surface area contributed by atoms with E-state index >= 15 is 0 Å². The Bertz CT molecular complexity index is 262. The first kappa shape index (κ1) is 10.7. The van der Waals surface area contributed by atoms with E-state index in [1.165, 1.54) is 6.08 Å². The van der Waals surface area contributed by atoms with Crippen LogP contribution in [0.3, 0.4) is 0 Å². The van der Waals surface area contributed by atoms with Crippen molar-refractivity contribution >= 4 is 5.97 Å². The summed E-state index contributed by atoms with van der Waals surface area (Å²) < 4.78 is 5.28. The lowest BCUT2D eigenvalue weighted by atomic mass is 9.69. The summed E-state index contributed by atoms with van der Waals surface area (Å²) in [7, 11) is 0. The van der Waals surface area contributed by atoms with Gasteiger partial charge in [-0.05, 0) is 38.0 Å². The average molecular weight is 210 g/mol. The molecule has 84 valence electrons. The molecule has 3 heteroatoms. The van der Waals surface area contributed by atoms with Gasteiger partial charge >= 0.3 is 5.97 Å². The minimum atomic E-state index is -0.365. The molecule has 1 N–H and O–H groups in total. The lowest BCUT2D eigenvalue weighted by Crippen LogP contribution is -2.43. The molecule has 2 aliphatic rings. The molecule has 2 saturated carbocycles. The van der Waals surface area contributed by atoms with Gasteiger partial charge in [-0.1, -0.05) is 6.58 Å². The molecule has 0 aromatic rings. The van der Waals surface area contributed by atoms with Crippen LogP contribution in [-0.2, 0) is 9.53 Å². The van der Waals surface area contributed by atoms with E-state index in [9.17, 15) is 9.90 Å². The quantitative estimate of drug-likeness (QED) is 0.557. The van der Waals surface area contributed by atoms with Gasteiger partial charge in [-0.15, -0.1) is 0 Å². The fourth-order valence-electron chi connectivity index (χ4n) is 2.90. The van der Waals surface area contributed by atoms with Crippen molar-refractivity contribution in [3.63, 3.8) is 0 Å². The summed E-state index contributed by atoms with van der Waals surface area (Å²) in [5, 5.41) is 9.86. The van der Waals surface area contributed by atoms with Crippen LogP contribution < -0.4 is 0 Å². The van der Waals surface area contributed by atoms with Crippen molar-refractivity contribution in [3.8, 4) is 0 Å². The van der Waals surface area contributed by atoms with Crippen molar-refractivity contribution in [3.05, 3.63) is 12.7 Å². The maximum Gasteiger partial charge on any atom is 0.330 e. The highest BCUT2D eigenvalue weighted by molar-refractivity contribution is 5.81. The second kappa shape index (κ2) is 4.35. The van der Waals surface area contributed by atoms with E-state index in [1.807, 2.05) is 0 Å². The summed E-state index contributed by atoms with van der Waals surface area (Å²) in [6, 6.07) is 0. The molecule has 0 saturated heterocycles. The van der Waals surface area contributed by atoms with Crippen LogP contribution in [0.5, 0.6) is 0 Å². The number of esters is 1. The third-order valence-electron chi connectivity index (χ3n) is 3.74. The van der Waals surface area contributed by atoms with Gasteiger partial charge in [0.2, 0.25) is 0 Å². The molecule has 4 atom stereocenters. The highest BCUT2D eigenvalue weighted by atomic mass is 16.5. The van der Waals surface area contributed by atoms with Gasteiger partial charge in [-0.3, -0.25) is 0 Å². The van der Waals surface area contributed by atoms with E-state index in [2.05, 4.69) is 6.58 Å². The highest BCUT2D eigenvalue weighted by Crippen LogP contribution is 2.41. The largest absolute Gasteiger partial charge is 0.459 e. The number of rotatable bonds is 2. The Hall–Kier alpha value is -0.830. The molecular weight excluding hydrogens is 192 g/mol. The van der Waals surface area contributed by atoms with Crippen LogP contribution in [0.15, 0.2) is 12.7 Å². The Morgan fingerprint density at radius 2 is 2.07 bits per heavy atom. The first-order chi connectivity index (χ1) is 7.20. The molecule has 0 aromatic heterocycles. The van der Waals surface area contributed by atoms with E-state index in [1.54, 1.807) is 0 Å². The summed E-state index contributed by atoms with van der Waals surface area (Å²) in [6.07, 6.45) is 5.82. The van der Waals surface area contributed by atoms with E-state index < -0.39 is 0 Å². The van der Waals surface area contributed by atoms with Gasteiger partial charge in [0, 0.05) is 12.0 Å². The topological polar surface area (TPSA) is 46.5 Å². The zero-order valence-corrected chi connectivity index (χ0v) is 8.89. The fraction of sp³-hybridized carbons (Fsp3) is 0.750. The van der Waals surface area contributed by atoms with Gasteiger partial charge in [0.1, 0.15) is 6.10 Å². The van der Waals surface area contributed by atoms with Gasteiger partial charge in [0.15, 0.2) is 0 Å². The van der Waals surface area contributed by atoms with E-state index in [-0.39, 0.29) is 24.1 Å². The third-order valence-corrected chi connectivity index (χ3v) is 3.74. The van der Waals surface area contributed by atoms with Crippen LogP contribution in [-0.4, -0.2) is 23.3 Å². The van der Waals surface area contributed by atoms with Crippen molar-refractivity contribution in [2.45, 2.75) is 44.3 Å². The number of aliphatic hydroxyl groups is 1. The van der Waals surface area contributed by atoms with Crippen LogP contribution in [0.25, 0.3) is 0 Å². The van der Waals surface area contributed by atoms with Crippen molar-refractivity contribution in [2.24, 2.45) is 11.8 Å². The number of carbonyl (C=O) groups is 1. The number of aliphatic hydroxyl groups excluding tert-OH is 1. The normalized spacial score (nSPS) is 39.5. The fourth-order valence-corrected chi connectivity index (χ4v) is 2.90. The first-order valence-electron chi connectivity index (χ1n) is 5.72. The summed E-state index contributed by atoms with van der Waals surface area (Å²) in [5.74, 6) is 0.523. The van der Waals surface area contributed by atoms with Crippen LogP contribution in [0.4, 0.5) is 0 Å². The lowest BCUT2D eigenvalue weighted by molar-refractivity contribution is -0.154. The van der Waals surface area contributed by atoms with Crippen LogP contribution in [0, 0.1) is 11.8 Å². The van der Waals surface area contributed by atoms with Crippen molar-refractivity contribution in [1.82, 2.24) is 0 Å². The number of hydrogen-bond acceptors (Lipinski definition) is 3. The third kappa shape index (κ3) is 2.23. The molecule has 4 unspecified atom stereocenters. The Labute approximate surface area is 90.1 Å². The van der Waals surface area contributed by atoms with Crippen molar-refractivity contribution < 1.29 is 14.6 Å². The Morgan fingerprint density at radius 1 is 1.33 bits per heavy atom. The molecule has 2 aliphatic carbocycles. The molecule has 2 fully saturated rings. The highest BCUT2D eigenvalue weighted by Gasteiger charge is 2.40. The molecule has 2 rings (SSSR count). The maximum absolute atomic E-state index is 11.1. The van der Waals surface area contributed by atoms with Gasteiger partial charge in [0.25, 0.3) is 0 Å². The molecule has 15 heavy (non-hydrogen) atoms. The van der Waals surface area contributed by atoms with Crippen LogP contribution >= 0.6 is 0 Å². The predicted octanol–water partition coefficient (Wildman–Crippen LogP) is 1.66. The zero-order valence-electron chi connectivity index (χ0n) is 8.89. The molecule has 2 bridgehead atoms. The zero-order chi connectivity index (χ0) is 10.8.